The van der Waals surface area contributed by atoms with Gasteiger partial charge in [-0.1, -0.05) is 77.2 Å². The van der Waals surface area contributed by atoms with E-state index in [9.17, 15) is 9.50 Å². The highest BCUT2D eigenvalue weighted by atomic mass is 19.1. The lowest BCUT2D eigenvalue weighted by atomic mass is 9.77. The molecular weight excluding hydrogens is 287 g/mol. The second-order valence-corrected chi connectivity index (χ2v) is 7.41. The first-order chi connectivity index (χ1) is 11.2. The molecule has 1 aromatic rings. The van der Waals surface area contributed by atoms with Crippen molar-refractivity contribution in [1.82, 2.24) is 0 Å². The number of rotatable bonds is 9. The standard InChI is InChI=1S/C21H33FO/c1-2-3-4-5-6-7-17-8-10-18(11-9-17)12-13-19-14-15-21(23)20(22)16-19/h14-18,23H,2-13H2,1H3/t17-,18-. The Balaban J connectivity index is 1.60. The van der Waals surface area contributed by atoms with Crippen molar-refractivity contribution in [2.75, 3.05) is 0 Å². The number of hydrogen-bond acceptors (Lipinski definition) is 1. The Hall–Kier alpha value is -1.05. The van der Waals surface area contributed by atoms with Gasteiger partial charge in [0.2, 0.25) is 0 Å². The van der Waals surface area contributed by atoms with Crippen LogP contribution in [0.25, 0.3) is 0 Å². The van der Waals surface area contributed by atoms with Crippen molar-refractivity contribution < 1.29 is 9.50 Å². The third-order valence-corrected chi connectivity index (χ3v) is 5.54. The van der Waals surface area contributed by atoms with Crippen molar-refractivity contribution in [2.45, 2.75) is 84.0 Å². The second kappa shape index (κ2) is 9.95. The zero-order valence-corrected chi connectivity index (χ0v) is 14.7. The van der Waals surface area contributed by atoms with Crippen LogP contribution in [0.2, 0.25) is 0 Å². The Labute approximate surface area is 141 Å². The van der Waals surface area contributed by atoms with Gasteiger partial charge in [-0.2, -0.15) is 0 Å². The monoisotopic (exact) mass is 320 g/mol. The van der Waals surface area contributed by atoms with Crippen molar-refractivity contribution in [2.24, 2.45) is 11.8 Å². The molecule has 130 valence electrons. The largest absolute Gasteiger partial charge is 0.505 e. The molecule has 0 radical (unpaired) electrons. The minimum absolute atomic E-state index is 0.242. The molecule has 0 heterocycles. The molecule has 1 aliphatic rings. The minimum atomic E-state index is -0.491. The van der Waals surface area contributed by atoms with Gasteiger partial charge in [-0.15, -0.1) is 0 Å². The summed E-state index contributed by atoms with van der Waals surface area (Å²) in [6, 6.07) is 4.80. The van der Waals surface area contributed by atoms with Crippen molar-refractivity contribution in [1.29, 1.82) is 0 Å². The molecule has 0 unspecified atom stereocenters. The molecule has 1 aromatic carbocycles. The Bertz CT molecular complexity index is 449. The van der Waals surface area contributed by atoms with E-state index in [1.54, 1.807) is 0 Å². The van der Waals surface area contributed by atoms with Crippen LogP contribution in [-0.4, -0.2) is 5.11 Å². The number of unbranched alkanes of at least 4 members (excludes halogenated alkanes) is 4. The van der Waals surface area contributed by atoms with Crippen LogP contribution in [0.5, 0.6) is 5.75 Å². The number of phenolic OH excluding ortho intramolecular Hbond substituents is 1. The van der Waals surface area contributed by atoms with Gasteiger partial charge in [0.05, 0.1) is 0 Å². The van der Waals surface area contributed by atoms with Crippen molar-refractivity contribution >= 4 is 0 Å². The van der Waals surface area contributed by atoms with Gasteiger partial charge in [-0.05, 0) is 42.4 Å². The lowest BCUT2D eigenvalue weighted by Gasteiger charge is -2.28. The maximum absolute atomic E-state index is 13.3. The third kappa shape index (κ3) is 6.53. The summed E-state index contributed by atoms with van der Waals surface area (Å²) in [5.74, 6) is 1.03. The first-order valence-corrected chi connectivity index (χ1v) is 9.66. The van der Waals surface area contributed by atoms with Crippen LogP contribution in [0.15, 0.2) is 18.2 Å². The summed E-state index contributed by atoms with van der Waals surface area (Å²) < 4.78 is 13.3. The van der Waals surface area contributed by atoms with Crippen LogP contribution in [0.4, 0.5) is 4.39 Å². The first kappa shape index (κ1) is 18.3. The molecule has 0 amide bonds. The van der Waals surface area contributed by atoms with Crippen molar-refractivity contribution in [3.63, 3.8) is 0 Å². The van der Waals surface area contributed by atoms with Gasteiger partial charge in [0.25, 0.3) is 0 Å². The molecule has 0 atom stereocenters. The SMILES string of the molecule is CCCCCCC[C@H]1CC[C@H](CCc2ccc(O)c(F)c2)CC1. The molecule has 1 N–H and O–H groups in total. The first-order valence-electron chi connectivity index (χ1n) is 9.66. The molecule has 0 saturated heterocycles. The zero-order chi connectivity index (χ0) is 16.5. The average Bonchev–Trinajstić information content (AvgIpc) is 2.57. The zero-order valence-electron chi connectivity index (χ0n) is 14.7. The van der Waals surface area contributed by atoms with E-state index in [1.165, 1.54) is 76.3 Å². The molecule has 1 fully saturated rings. The van der Waals surface area contributed by atoms with E-state index in [4.69, 9.17) is 0 Å². The second-order valence-electron chi connectivity index (χ2n) is 7.41. The van der Waals surface area contributed by atoms with Crippen LogP contribution in [0.3, 0.4) is 0 Å². The fraction of sp³-hybridized carbons (Fsp3) is 0.714. The van der Waals surface area contributed by atoms with E-state index < -0.39 is 5.82 Å². The smallest absolute Gasteiger partial charge is 0.165 e. The molecule has 2 heteroatoms. The summed E-state index contributed by atoms with van der Waals surface area (Å²) in [5, 5.41) is 9.23. The molecule has 1 saturated carbocycles. The predicted octanol–water partition coefficient (Wildman–Crippen LogP) is 6.63. The van der Waals surface area contributed by atoms with Crippen LogP contribution in [-0.2, 0) is 6.42 Å². The molecule has 1 nitrogen and oxygen atoms in total. The quantitative estimate of drug-likeness (QED) is 0.506. The Morgan fingerprint density at radius 3 is 2.26 bits per heavy atom. The summed E-state index contributed by atoms with van der Waals surface area (Å²) in [7, 11) is 0. The maximum atomic E-state index is 13.3. The van der Waals surface area contributed by atoms with E-state index in [2.05, 4.69) is 6.92 Å². The normalized spacial score (nSPS) is 21.5. The van der Waals surface area contributed by atoms with Gasteiger partial charge in [0.1, 0.15) is 0 Å². The molecule has 0 aromatic heterocycles. The molecule has 0 bridgehead atoms. The third-order valence-electron chi connectivity index (χ3n) is 5.54. The fourth-order valence-corrected chi connectivity index (χ4v) is 3.92. The highest BCUT2D eigenvalue weighted by Gasteiger charge is 2.20. The summed E-state index contributed by atoms with van der Waals surface area (Å²) >= 11 is 0. The maximum Gasteiger partial charge on any atom is 0.165 e. The Morgan fingerprint density at radius 2 is 1.61 bits per heavy atom. The Morgan fingerprint density at radius 1 is 0.957 bits per heavy atom. The number of aryl methyl sites for hydroxylation is 1. The molecule has 0 spiro atoms. The van der Waals surface area contributed by atoms with Crippen molar-refractivity contribution in [3.8, 4) is 5.75 Å². The van der Waals surface area contributed by atoms with Crippen LogP contribution < -0.4 is 0 Å². The van der Waals surface area contributed by atoms with Gasteiger partial charge < -0.3 is 5.11 Å². The summed E-state index contributed by atoms with van der Waals surface area (Å²) in [6.45, 7) is 2.27. The van der Waals surface area contributed by atoms with E-state index in [1.807, 2.05) is 6.07 Å². The lowest BCUT2D eigenvalue weighted by molar-refractivity contribution is 0.248. The lowest BCUT2D eigenvalue weighted by Crippen LogP contribution is -2.15. The van der Waals surface area contributed by atoms with Gasteiger partial charge in [0.15, 0.2) is 11.6 Å². The number of aromatic hydroxyl groups is 1. The van der Waals surface area contributed by atoms with Crippen molar-refractivity contribution in [3.05, 3.63) is 29.6 Å². The van der Waals surface area contributed by atoms with Crippen LogP contribution in [0, 0.1) is 17.7 Å². The molecule has 0 aliphatic heterocycles. The Kier molecular flexibility index (Phi) is 7.91. The molecule has 2 rings (SSSR count). The van der Waals surface area contributed by atoms with Crippen LogP contribution >= 0.6 is 0 Å². The van der Waals surface area contributed by atoms with E-state index >= 15 is 0 Å². The highest BCUT2D eigenvalue weighted by molar-refractivity contribution is 5.28. The number of hydrogen-bond donors (Lipinski definition) is 1. The highest BCUT2D eigenvalue weighted by Crippen LogP contribution is 2.34. The van der Waals surface area contributed by atoms with E-state index in [0.29, 0.717) is 0 Å². The number of benzene rings is 1. The van der Waals surface area contributed by atoms with E-state index in [-0.39, 0.29) is 5.75 Å². The van der Waals surface area contributed by atoms with E-state index in [0.717, 1.165) is 30.2 Å². The number of phenols is 1. The number of halogens is 1. The topological polar surface area (TPSA) is 20.2 Å². The average molecular weight is 320 g/mol. The summed E-state index contributed by atoms with van der Waals surface area (Å²) in [6.07, 6.45) is 16.0. The van der Waals surface area contributed by atoms with Gasteiger partial charge >= 0.3 is 0 Å². The fourth-order valence-electron chi connectivity index (χ4n) is 3.92. The van der Waals surface area contributed by atoms with Gasteiger partial charge in [-0.3, -0.25) is 0 Å². The van der Waals surface area contributed by atoms with Gasteiger partial charge in [-0.25, -0.2) is 4.39 Å². The molecule has 1 aliphatic carbocycles. The van der Waals surface area contributed by atoms with Crippen LogP contribution in [0.1, 0.15) is 83.1 Å². The predicted molar refractivity (Wildman–Crippen MR) is 95.2 cm³/mol. The molecule has 23 heavy (non-hydrogen) atoms. The minimum Gasteiger partial charge on any atom is -0.505 e. The molecular formula is C21H33FO. The van der Waals surface area contributed by atoms with Gasteiger partial charge in [0, 0.05) is 0 Å². The summed E-state index contributed by atoms with van der Waals surface area (Å²) in [5.41, 5.74) is 1.01. The summed E-state index contributed by atoms with van der Waals surface area (Å²) in [4.78, 5) is 0.